The largest absolute Gasteiger partial charge is 0.418 e. The smallest absolute Gasteiger partial charge is 0.392 e. The number of halogens is 3. The number of hydrogen-bond donors (Lipinski definition) is 1. The van der Waals surface area contributed by atoms with Gasteiger partial charge in [0.05, 0.1) is 12.2 Å². The Hall–Kier alpha value is -1.23. The van der Waals surface area contributed by atoms with Crippen LogP contribution in [0.25, 0.3) is 0 Å². The highest BCUT2D eigenvalue weighted by molar-refractivity contribution is 5.57. The van der Waals surface area contributed by atoms with E-state index in [-0.39, 0.29) is 12.3 Å². The lowest BCUT2D eigenvalue weighted by Gasteiger charge is -2.23. The fourth-order valence-corrected chi connectivity index (χ4v) is 2.57. The van der Waals surface area contributed by atoms with Gasteiger partial charge < -0.3 is 10.0 Å². The molecule has 106 valence electrons. The van der Waals surface area contributed by atoms with Crippen LogP contribution < -0.4 is 4.90 Å². The average molecular weight is 273 g/mol. The van der Waals surface area contributed by atoms with Crippen LogP contribution in [0.1, 0.15) is 30.9 Å². The van der Waals surface area contributed by atoms with Crippen LogP contribution >= 0.6 is 0 Å². The van der Waals surface area contributed by atoms with Gasteiger partial charge in [0.15, 0.2) is 0 Å². The molecule has 1 unspecified atom stereocenters. The summed E-state index contributed by atoms with van der Waals surface area (Å²) in [4.78, 5) is 1.80. The molecule has 0 amide bonds. The summed E-state index contributed by atoms with van der Waals surface area (Å²) in [6.45, 7) is 3.03. The number of rotatable bonds is 3. The van der Waals surface area contributed by atoms with Gasteiger partial charge in [0.1, 0.15) is 0 Å². The minimum absolute atomic E-state index is 0.237. The van der Waals surface area contributed by atoms with E-state index in [4.69, 9.17) is 5.11 Å². The third-order valence-electron chi connectivity index (χ3n) is 3.75. The molecule has 1 aliphatic rings. The maximum absolute atomic E-state index is 13.1. The molecule has 2 nitrogen and oxygen atoms in total. The highest BCUT2D eigenvalue weighted by Gasteiger charge is 2.36. The molecule has 19 heavy (non-hydrogen) atoms. The molecular formula is C14H18F3NO. The minimum atomic E-state index is -4.38. The molecule has 0 saturated carbocycles. The standard InChI is InChI=1S/C14H18F3NO/c1-2-10-5-6-18(8-10)13-4-3-11(9-19)7-12(13)14(15,16)17/h3-4,7,10,19H,2,5-6,8-9H2,1H3. The van der Waals surface area contributed by atoms with Crippen molar-refractivity contribution < 1.29 is 18.3 Å². The molecular weight excluding hydrogens is 255 g/mol. The lowest BCUT2D eigenvalue weighted by atomic mass is 10.1. The zero-order valence-electron chi connectivity index (χ0n) is 10.9. The normalized spacial score (nSPS) is 20.1. The van der Waals surface area contributed by atoms with Crippen molar-refractivity contribution in [3.63, 3.8) is 0 Å². The van der Waals surface area contributed by atoms with Gasteiger partial charge in [0.25, 0.3) is 0 Å². The number of anilines is 1. The zero-order valence-corrected chi connectivity index (χ0v) is 10.9. The minimum Gasteiger partial charge on any atom is -0.392 e. The van der Waals surface area contributed by atoms with Crippen LogP contribution in [-0.4, -0.2) is 18.2 Å². The van der Waals surface area contributed by atoms with Crippen molar-refractivity contribution in [3.8, 4) is 0 Å². The molecule has 1 N–H and O–H groups in total. The van der Waals surface area contributed by atoms with Gasteiger partial charge in [-0.25, -0.2) is 0 Å². The lowest BCUT2D eigenvalue weighted by molar-refractivity contribution is -0.137. The predicted molar refractivity (Wildman–Crippen MR) is 68.0 cm³/mol. The van der Waals surface area contributed by atoms with E-state index in [1.54, 1.807) is 11.0 Å². The first-order chi connectivity index (χ1) is 8.95. The van der Waals surface area contributed by atoms with Crippen molar-refractivity contribution in [3.05, 3.63) is 29.3 Å². The molecule has 2 rings (SSSR count). The van der Waals surface area contributed by atoms with E-state index in [9.17, 15) is 13.2 Å². The first kappa shape index (κ1) is 14.2. The van der Waals surface area contributed by atoms with Gasteiger partial charge in [-0.15, -0.1) is 0 Å². The molecule has 5 heteroatoms. The summed E-state index contributed by atoms with van der Waals surface area (Å²) in [7, 11) is 0. The Balaban J connectivity index is 2.34. The predicted octanol–water partition coefficient (Wildman–Crippen LogP) is 3.43. The molecule has 1 aliphatic heterocycles. The van der Waals surface area contributed by atoms with Crippen molar-refractivity contribution in [2.24, 2.45) is 5.92 Å². The second-order valence-electron chi connectivity index (χ2n) is 5.02. The fraction of sp³-hybridized carbons (Fsp3) is 0.571. The molecule has 1 aromatic carbocycles. The molecule has 0 spiro atoms. The molecule has 0 aliphatic carbocycles. The second-order valence-corrected chi connectivity index (χ2v) is 5.02. The van der Waals surface area contributed by atoms with Crippen molar-refractivity contribution in [2.75, 3.05) is 18.0 Å². The first-order valence-electron chi connectivity index (χ1n) is 6.51. The highest BCUT2D eigenvalue weighted by atomic mass is 19.4. The number of alkyl halides is 3. The molecule has 1 saturated heterocycles. The maximum Gasteiger partial charge on any atom is 0.418 e. The Morgan fingerprint density at radius 3 is 2.63 bits per heavy atom. The van der Waals surface area contributed by atoms with Crippen LogP contribution in [0.4, 0.5) is 18.9 Å². The number of aliphatic hydroxyl groups excluding tert-OH is 1. The van der Waals surface area contributed by atoms with Crippen molar-refractivity contribution in [1.29, 1.82) is 0 Å². The van der Waals surface area contributed by atoms with Crippen LogP contribution in [-0.2, 0) is 12.8 Å². The molecule has 1 atom stereocenters. The molecule has 0 aromatic heterocycles. The summed E-state index contributed by atoms with van der Waals surface area (Å²) in [6, 6.07) is 4.09. The van der Waals surface area contributed by atoms with E-state index in [2.05, 4.69) is 6.92 Å². The number of aliphatic hydroxyl groups is 1. The van der Waals surface area contributed by atoms with E-state index in [1.807, 2.05) is 0 Å². The van der Waals surface area contributed by atoms with Crippen LogP contribution in [0, 0.1) is 5.92 Å². The van der Waals surface area contributed by atoms with Crippen LogP contribution in [0.5, 0.6) is 0 Å². The lowest BCUT2D eigenvalue weighted by Crippen LogP contribution is -2.23. The molecule has 0 radical (unpaired) electrons. The SMILES string of the molecule is CCC1CCN(c2ccc(CO)cc2C(F)(F)F)C1. The van der Waals surface area contributed by atoms with E-state index in [0.29, 0.717) is 24.6 Å². The Bertz CT molecular complexity index is 445. The number of hydrogen-bond acceptors (Lipinski definition) is 2. The molecule has 1 aromatic rings. The Morgan fingerprint density at radius 2 is 2.11 bits per heavy atom. The summed E-state index contributed by atoms with van der Waals surface area (Å²) in [5.74, 6) is 0.471. The number of benzene rings is 1. The van der Waals surface area contributed by atoms with Crippen LogP contribution in [0.3, 0.4) is 0 Å². The third kappa shape index (κ3) is 3.03. The van der Waals surface area contributed by atoms with Crippen molar-refractivity contribution >= 4 is 5.69 Å². The maximum atomic E-state index is 13.1. The molecule has 1 heterocycles. The van der Waals surface area contributed by atoms with E-state index >= 15 is 0 Å². The molecule has 1 fully saturated rings. The monoisotopic (exact) mass is 273 g/mol. The van der Waals surface area contributed by atoms with E-state index < -0.39 is 11.7 Å². The highest BCUT2D eigenvalue weighted by Crippen LogP contribution is 2.39. The Morgan fingerprint density at radius 1 is 1.37 bits per heavy atom. The second kappa shape index (κ2) is 5.41. The first-order valence-corrected chi connectivity index (χ1v) is 6.51. The van der Waals surface area contributed by atoms with Gasteiger partial charge in [-0.05, 0) is 30.0 Å². The van der Waals surface area contributed by atoms with Gasteiger partial charge in [0.2, 0.25) is 0 Å². The van der Waals surface area contributed by atoms with Crippen molar-refractivity contribution in [2.45, 2.75) is 32.5 Å². The van der Waals surface area contributed by atoms with Gasteiger partial charge >= 0.3 is 6.18 Å². The topological polar surface area (TPSA) is 23.5 Å². The Kier molecular flexibility index (Phi) is 4.04. The summed E-state index contributed by atoms with van der Waals surface area (Å²) >= 11 is 0. The summed E-state index contributed by atoms with van der Waals surface area (Å²) < 4.78 is 39.3. The summed E-state index contributed by atoms with van der Waals surface area (Å²) in [5.41, 5.74) is -0.112. The van der Waals surface area contributed by atoms with Crippen LogP contribution in [0.15, 0.2) is 18.2 Å². The molecule has 0 bridgehead atoms. The van der Waals surface area contributed by atoms with Crippen molar-refractivity contribution in [1.82, 2.24) is 0 Å². The third-order valence-corrected chi connectivity index (χ3v) is 3.75. The summed E-state index contributed by atoms with van der Waals surface area (Å²) in [6.07, 6.45) is -2.45. The number of nitrogens with zero attached hydrogens (tertiary/aromatic N) is 1. The average Bonchev–Trinajstić information content (AvgIpc) is 2.85. The summed E-state index contributed by atoms with van der Waals surface area (Å²) in [5, 5.41) is 8.98. The van der Waals surface area contributed by atoms with Gasteiger partial charge in [0, 0.05) is 18.8 Å². The Labute approximate surface area is 110 Å². The van der Waals surface area contributed by atoms with E-state index in [1.165, 1.54) is 6.07 Å². The van der Waals surface area contributed by atoms with Gasteiger partial charge in [-0.3, -0.25) is 0 Å². The van der Waals surface area contributed by atoms with Gasteiger partial charge in [-0.2, -0.15) is 13.2 Å². The zero-order chi connectivity index (χ0) is 14.0. The quantitative estimate of drug-likeness (QED) is 0.912. The van der Waals surface area contributed by atoms with Crippen LogP contribution in [0.2, 0.25) is 0 Å². The fourth-order valence-electron chi connectivity index (χ4n) is 2.57. The van der Waals surface area contributed by atoms with E-state index in [0.717, 1.165) is 18.9 Å². The van der Waals surface area contributed by atoms with Gasteiger partial charge in [-0.1, -0.05) is 19.4 Å².